The fourth-order valence-electron chi connectivity index (χ4n) is 1.78. The van der Waals surface area contributed by atoms with Crippen molar-refractivity contribution in [1.82, 2.24) is 0 Å². The largest absolute Gasteiger partial charge is 0.494 e. The number of aromatic carboxylic acids is 1. The number of carboxylic acids is 1. The molecule has 0 unspecified atom stereocenters. The number of halogens is 2. The van der Waals surface area contributed by atoms with E-state index in [1.165, 1.54) is 25.3 Å². The quantitative estimate of drug-likeness (QED) is 0.929. The Bertz CT molecular complexity index is 641. The van der Waals surface area contributed by atoms with Crippen LogP contribution in [-0.2, 0) is 0 Å². The van der Waals surface area contributed by atoms with Crippen LogP contribution in [0.15, 0.2) is 36.4 Å². The molecule has 0 bridgehead atoms. The van der Waals surface area contributed by atoms with Crippen LogP contribution in [0.5, 0.6) is 5.75 Å². The molecule has 5 heteroatoms. The maximum atomic E-state index is 13.6. The number of carbonyl (C=O) groups is 1. The van der Waals surface area contributed by atoms with E-state index in [2.05, 4.69) is 0 Å². The summed E-state index contributed by atoms with van der Waals surface area (Å²) in [6, 6.07) is 8.72. The minimum atomic E-state index is -1.12. The summed E-state index contributed by atoms with van der Waals surface area (Å²) < 4.78 is 18.5. The van der Waals surface area contributed by atoms with E-state index < -0.39 is 11.8 Å². The zero-order chi connectivity index (χ0) is 14.0. The minimum Gasteiger partial charge on any atom is -0.494 e. The van der Waals surface area contributed by atoms with Gasteiger partial charge < -0.3 is 9.84 Å². The normalized spacial score (nSPS) is 10.3. The Hall–Kier alpha value is -2.07. The number of rotatable bonds is 3. The van der Waals surface area contributed by atoms with Crippen LogP contribution >= 0.6 is 11.6 Å². The lowest BCUT2D eigenvalue weighted by Crippen LogP contribution is -2.00. The van der Waals surface area contributed by atoms with E-state index >= 15 is 0 Å². The molecule has 0 atom stereocenters. The van der Waals surface area contributed by atoms with Crippen LogP contribution in [0.25, 0.3) is 11.1 Å². The molecule has 0 spiro atoms. The minimum absolute atomic E-state index is 0.0251. The topological polar surface area (TPSA) is 46.5 Å². The van der Waals surface area contributed by atoms with Crippen LogP contribution in [0.3, 0.4) is 0 Å². The van der Waals surface area contributed by atoms with E-state index in [1.54, 1.807) is 18.2 Å². The summed E-state index contributed by atoms with van der Waals surface area (Å²) >= 11 is 5.77. The molecule has 0 fully saturated rings. The van der Waals surface area contributed by atoms with Crippen molar-refractivity contribution >= 4 is 17.6 Å². The standard InChI is InChI=1S/C14H10ClFO3/c1-19-13-5-2-8(6-12(13)16)10-4-3-9(15)7-11(10)14(17)18/h2-7H,1H3,(H,17,18). The van der Waals surface area contributed by atoms with Gasteiger partial charge in [-0.3, -0.25) is 0 Å². The van der Waals surface area contributed by atoms with Gasteiger partial charge in [-0.05, 0) is 35.4 Å². The summed E-state index contributed by atoms with van der Waals surface area (Å²) in [5, 5.41) is 9.46. The lowest BCUT2D eigenvalue weighted by Gasteiger charge is -2.08. The smallest absolute Gasteiger partial charge is 0.336 e. The summed E-state index contributed by atoms with van der Waals surface area (Å²) in [6.45, 7) is 0. The van der Waals surface area contributed by atoms with Crippen molar-refractivity contribution in [2.24, 2.45) is 0 Å². The predicted molar refractivity (Wildman–Crippen MR) is 70.4 cm³/mol. The Morgan fingerprint density at radius 1 is 1.26 bits per heavy atom. The fraction of sp³-hybridized carbons (Fsp3) is 0.0714. The first-order chi connectivity index (χ1) is 9.02. The van der Waals surface area contributed by atoms with Crippen molar-refractivity contribution in [2.75, 3.05) is 7.11 Å². The highest BCUT2D eigenvalue weighted by atomic mass is 35.5. The van der Waals surface area contributed by atoms with E-state index in [0.29, 0.717) is 16.1 Å². The maximum Gasteiger partial charge on any atom is 0.336 e. The lowest BCUT2D eigenvalue weighted by atomic mass is 9.99. The second kappa shape index (κ2) is 5.28. The first-order valence-electron chi connectivity index (χ1n) is 5.39. The van der Waals surface area contributed by atoms with Gasteiger partial charge in [0.2, 0.25) is 0 Å². The van der Waals surface area contributed by atoms with Crippen molar-refractivity contribution in [1.29, 1.82) is 0 Å². The predicted octanol–water partition coefficient (Wildman–Crippen LogP) is 3.85. The number of methoxy groups -OCH3 is 1. The van der Waals surface area contributed by atoms with Crippen LogP contribution in [0.4, 0.5) is 4.39 Å². The van der Waals surface area contributed by atoms with Crippen molar-refractivity contribution in [3.8, 4) is 16.9 Å². The zero-order valence-electron chi connectivity index (χ0n) is 9.98. The Balaban J connectivity index is 2.58. The second-order valence-electron chi connectivity index (χ2n) is 3.84. The molecule has 0 amide bonds. The van der Waals surface area contributed by atoms with Crippen molar-refractivity contribution < 1.29 is 19.0 Å². The molecular weight excluding hydrogens is 271 g/mol. The van der Waals surface area contributed by atoms with Crippen molar-refractivity contribution in [3.63, 3.8) is 0 Å². The van der Waals surface area contributed by atoms with Crippen LogP contribution in [0.2, 0.25) is 5.02 Å². The van der Waals surface area contributed by atoms with Crippen LogP contribution < -0.4 is 4.74 Å². The summed E-state index contributed by atoms with van der Waals surface area (Å²) in [5.41, 5.74) is 0.878. The summed E-state index contributed by atoms with van der Waals surface area (Å²) in [6.07, 6.45) is 0. The van der Waals surface area contributed by atoms with Crippen LogP contribution in [0, 0.1) is 5.82 Å². The van der Waals surface area contributed by atoms with Crippen molar-refractivity contribution in [3.05, 3.63) is 52.8 Å². The average molecular weight is 281 g/mol. The summed E-state index contributed by atoms with van der Waals surface area (Å²) in [4.78, 5) is 11.2. The number of hydrogen-bond donors (Lipinski definition) is 1. The van der Waals surface area contributed by atoms with E-state index in [9.17, 15) is 9.18 Å². The van der Waals surface area contributed by atoms with E-state index in [-0.39, 0.29) is 11.3 Å². The molecule has 0 aliphatic heterocycles. The Kier molecular flexibility index (Phi) is 3.71. The van der Waals surface area contributed by atoms with Gasteiger partial charge in [0, 0.05) is 5.02 Å². The molecule has 98 valence electrons. The van der Waals surface area contributed by atoms with Gasteiger partial charge in [-0.15, -0.1) is 0 Å². The molecule has 19 heavy (non-hydrogen) atoms. The third-order valence-corrected chi connectivity index (χ3v) is 2.91. The third kappa shape index (κ3) is 2.69. The van der Waals surface area contributed by atoms with Crippen LogP contribution in [-0.4, -0.2) is 18.2 Å². The Morgan fingerprint density at radius 2 is 2.00 bits per heavy atom. The number of benzene rings is 2. The van der Waals surface area contributed by atoms with E-state index in [0.717, 1.165) is 0 Å². The SMILES string of the molecule is COc1ccc(-c2ccc(Cl)cc2C(=O)O)cc1F. The van der Waals surface area contributed by atoms with Crippen LogP contribution in [0.1, 0.15) is 10.4 Å². The number of ether oxygens (including phenoxy) is 1. The van der Waals surface area contributed by atoms with Gasteiger partial charge >= 0.3 is 5.97 Å². The first kappa shape index (κ1) is 13.4. The highest BCUT2D eigenvalue weighted by Crippen LogP contribution is 2.29. The van der Waals surface area contributed by atoms with Gasteiger partial charge in [-0.2, -0.15) is 0 Å². The molecule has 0 aromatic heterocycles. The fourth-order valence-corrected chi connectivity index (χ4v) is 1.95. The van der Waals surface area contributed by atoms with E-state index in [1.807, 2.05) is 0 Å². The highest BCUT2D eigenvalue weighted by molar-refractivity contribution is 6.31. The molecule has 0 aliphatic rings. The third-order valence-electron chi connectivity index (χ3n) is 2.67. The van der Waals surface area contributed by atoms with E-state index in [4.69, 9.17) is 21.4 Å². The number of hydrogen-bond acceptors (Lipinski definition) is 2. The van der Waals surface area contributed by atoms with Gasteiger partial charge in [0.25, 0.3) is 0 Å². The molecule has 2 aromatic carbocycles. The molecule has 0 saturated carbocycles. The molecular formula is C14H10ClFO3. The average Bonchev–Trinajstić information content (AvgIpc) is 2.38. The van der Waals surface area contributed by atoms with Gasteiger partial charge in [0.1, 0.15) is 0 Å². The van der Waals surface area contributed by atoms with Crippen molar-refractivity contribution in [2.45, 2.75) is 0 Å². The molecule has 2 aromatic rings. The molecule has 0 aliphatic carbocycles. The summed E-state index contributed by atoms with van der Waals surface area (Å²) in [7, 11) is 1.36. The molecule has 1 N–H and O–H groups in total. The molecule has 0 radical (unpaired) electrons. The zero-order valence-corrected chi connectivity index (χ0v) is 10.7. The Labute approximate surface area is 114 Å². The molecule has 0 heterocycles. The highest BCUT2D eigenvalue weighted by Gasteiger charge is 2.14. The van der Waals surface area contributed by atoms with Gasteiger partial charge in [0.15, 0.2) is 11.6 Å². The monoisotopic (exact) mass is 280 g/mol. The maximum absolute atomic E-state index is 13.6. The Morgan fingerprint density at radius 3 is 2.58 bits per heavy atom. The summed E-state index contributed by atoms with van der Waals surface area (Å²) in [5.74, 6) is -1.56. The second-order valence-corrected chi connectivity index (χ2v) is 4.28. The molecule has 2 rings (SSSR count). The number of carboxylic acid groups (broad SMARTS) is 1. The van der Waals surface area contributed by atoms with Gasteiger partial charge in [-0.1, -0.05) is 23.7 Å². The van der Waals surface area contributed by atoms with Gasteiger partial charge in [-0.25, -0.2) is 9.18 Å². The molecule has 3 nitrogen and oxygen atoms in total. The lowest BCUT2D eigenvalue weighted by molar-refractivity contribution is 0.0697. The molecule has 0 saturated heterocycles. The van der Waals surface area contributed by atoms with Gasteiger partial charge in [0.05, 0.1) is 12.7 Å². The first-order valence-corrected chi connectivity index (χ1v) is 5.77.